The normalized spacial score (nSPS) is 10.9. The second-order valence-electron chi connectivity index (χ2n) is 10.0. The molecule has 6 aromatic rings. The van der Waals surface area contributed by atoms with E-state index in [4.69, 9.17) is 14.4 Å². The molecule has 276 valence electrons. The van der Waals surface area contributed by atoms with E-state index in [9.17, 15) is 49.8 Å². The zero-order valence-corrected chi connectivity index (χ0v) is 28.9. The van der Waals surface area contributed by atoms with Gasteiger partial charge in [-0.05, 0) is 42.0 Å². The maximum atomic E-state index is 13.3. The van der Waals surface area contributed by atoms with Gasteiger partial charge in [-0.2, -0.15) is 41.4 Å². The molecule has 0 fully saturated rings. The van der Waals surface area contributed by atoms with Crippen molar-refractivity contribution in [2.45, 2.75) is 18.9 Å². The maximum Gasteiger partial charge on any atom is 1.00 e. The smallest absolute Gasteiger partial charge is 0.540 e. The molecule has 1 amide bonds. The number of carbonyl (C=O) groups excluding carboxylic acids is 2. The molecule has 6 rings (SSSR count). The van der Waals surface area contributed by atoms with Crippen LogP contribution in [-0.2, 0) is 23.7 Å². The van der Waals surface area contributed by atoms with Gasteiger partial charge in [0.25, 0.3) is 12.4 Å². The van der Waals surface area contributed by atoms with Crippen LogP contribution in [0.15, 0.2) is 88.2 Å². The molecule has 0 aliphatic rings. The molecule has 23 heteroatoms. The van der Waals surface area contributed by atoms with Gasteiger partial charge >= 0.3 is 53.7 Å². The summed E-state index contributed by atoms with van der Waals surface area (Å²) in [6, 6.07) is 12.0. The monoisotopic (exact) mass is 775 g/mol. The van der Waals surface area contributed by atoms with Crippen LogP contribution in [0.3, 0.4) is 0 Å². The van der Waals surface area contributed by atoms with Crippen molar-refractivity contribution < 1.29 is 98.3 Å². The molecule has 0 saturated heterocycles. The summed E-state index contributed by atoms with van der Waals surface area (Å²) in [4.78, 5) is 38.4. The summed E-state index contributed by atoms with van der Waals surface area (Å²) in [5.74, 6) is -4.59. The maximum absolute atomic E-state index is 13.3. The van der Waals surface area contributed by atoms with Gasteiger partial charge in [-0.15, -0.1) is 0 Å². The zero-order chi connectivity index (χ0) is 38.9. The van der Waals surface area contributed by atoms with Crippen molar-refractivity contribution in [2.75, 3.05) is 5.32 Å². The first kappa shape index (κ1) is 42.4. The van der Waals surface area contributed by atoms with Gasteiger partial charge in [0.05, 0.1) is 29.6 Å². The van der Waals surface area contributed by atoms with E-state index in [1.165, 1.54) is 48.7 Å². The molecule has 2 N–H and O–H groups in total. The van der Waals surface area contributed by atoms with Gasteiger partial charge in [0.1, 0.15) is 17.6 Å². The summed E-state index contributed by atoms with van der Waals surface area (Å²) in [6.45, 7) is -0.771. The first-order valence-electron chi connectivity index (χ1n) is 14.1. The van der Waals surface area contributed by atoms with Gasteiger partial charge in [0, 0.05) is 17.3 Å². The number of amides is 1. The number of halogens is 8. The molecular formula is C31H18F8N7NaO7. The van der Waals surface area contributed by atoms with Crippen LogP contribution in [0, 0.1) is 11.6 Å². The Kier molecular flexibility index (Phi) is 14.3. The molecule has 3 aromatic carbocycles. The van der Waals surface area contributed by atoms with Crippen LogP contribution in [0.2, 0.25) is 0 Å². The van der Waals surface area contributed by atoms with E-state index in [-0.39, 0.29) is 65.0 Å². The fraction of sp³-hybridized carbons (Fsp3) is 0.0968. The van der Waals surface area contributed by atoms with Gasteiger partial charge in [-0.25, -0.2) is 8.78 Å². The van der Waals surface area contributed by atoms with Crippen LogP contribution in [0.25, 0.3) is 22.8 Å². The summed E-state index contributed by atoms with van der Waals surface area (Å²) in [7, 11) is 0. The average molecular weight is 776 g/mol. The summed E-state index contributed by atoms with van der Waals surface area (Å²) in [6.07, 6.45) is -7.69. The van der Waals surface area contributed by atoms with Gasteiger partial charge in [0.15, 0.2) is 0 Å². The van der Waals surface area contributed by atoms with Crippen molar-refractivity contribution in [3.05, 3.63) is 119 Å². The minimum absolute atomic E-state index is 0. The third-order valence-corrected chi connectivity index (χ3v) is 6.35. The van der Waals surface area contributed by atoms with Crippen LogP contribution >= 0.6 is 0 Å². The number of nitrogens with one attached hydrogen (secondary N) is 1. The Labute approximate surface area is 317 Å². The molecule has 0 radical (unpaired) electrons. The van der Waals surface area contributed by atoms with Gasteiger partial charge in [-0.3, -0.25) is 14.3 Å². The Morgan fingerprint density at radius 1 is 0.833 bits per heavy atom. The molecule has 54 heavy (non-hydrogen) atoms. The van der Waals surface area contributed by atoms with Crippen molar-refractivity contribution in [3.63, 3.8) is 0 Å². The standard InChI is InChI=1S/C21H12F7N5O2.C9H5FN2O3.CH2O2.Na/c22-14-3-1-2-11(6-14)17-31-19(35-32-17)18(34)30-15-8-29-33(10-15)9-12-4-5-13(20(23,24)25)7-16(12)21(26,27)28;10-6-3-1-2-5(4-6)7-11-8(9(13)14)15-12-7;2-1-3;/h1-8,10H,9H2,(H,30,34);1-4H,(H,13,14);1H,(H,2,3);/q;;;+1/p-1. The predicted molar refractivity (Wildman–Crippen MR) is 158 cm³/mol. The Balaban J connectivity index is 0.000000343. The minimum atomic E-state index is -5.03. The van der Waals surface area contributed by atoms with Crippen LogP contribution < -0.4 is 40.0 Å². The molecule has 3 aromatic heterocycles. The molecular weight excluding hydrogens is 757 g/mol. The van der Waals surface area contributed by atoms with E-state index < -0.39 is 70.9 Å². The minimum Gasteiger partial charge on any atom is -0.540 e. The van der Waals surface area contributed by atoms with E-state index in [0.29, 0.717) is 11.6 Å². The molecule has 0 bridgehead atoms. The second kappa shape index (κ2) is 18.2. The van der Waals surface area contributed by atoms with Crippen LogP contribution in [0.4, 0.5) is 40.8 Å². The SMILES string of the molecule is O=C(Nc1cnn(Cc2ccc(C(F)(F)F)cc2C(F)(F)F)c1)c1nc(-c2cccc(F)c2)no1.O=C([O-])c1nc(-c2cccc(F)c2)no1.O=CO.[Na+]. The molecule has 0 aliphatic heterocycles. The zero-order valence-electron chi connectivity index (χ0n) is 26.9. The van der Waals surface area contributed by atoms with Crippen LogP contribution in [0.1, 0.15) is 38.1 Å². The number of nitrogens with zero attached hydrogens (tertiary/aromatic N) is 6. The van der Waals surface area contributed by atoms with Gasteiger partial charge in [0.2, 0.25) is 11.6 Å². The quantitative estimate of drug-likeness (QED) is 0.136. The summed E-state index contributed by atoms with van der Waals surface area (Å²) >= 11 is 0. The number of benzene rings is 3. The van der Waals surface area contributed by atoms with Crippen LogP contribution in [-0.4, -0.2) is 53.5 Å². The van der Waals surface area contributed by atoms with Crippen molar-refractivity contribution in [3.8, 4) is 22.8 Å². The fourth-order valence-electron chi connectivity index (χ4n) is 4.14. The summed E-state index contributed by atoms with van der Waals surface area (Å²) in [5.41, 5.74) is -2.70. The summed E-state index contributed by atoms with van der Waals surface area (Å²) < 4.78 is 115. The van der Waals surface area contributed by atoms with E-state index in [1.807, 2.05) is 0 Å². The largest absolute Gasteiger partial charge is 1.00 e. The Morgan fingerprint density at radius 2 is 1.37 bits per heavy atom. The number of alkyl halides is 6. The Bertz CT molecular complexity index is 2220. The number of aromatic carboxylic acids is 1. The molecule has 0 saturated carbocycles. The first-order valence-corrected chi connectivity index (χ1v) is 14.1. The van der Waals surface area contributed by atoms with E-state index in [2.05, 4.69) is 35.2 Å². The van der Waals surface area contributed by atoms with E-state index in [1.54, 1.807) is 0 Å². The van der Waals surface area contributed by atoms with Crippen molar-refractivity contribution in [1.29, 1.82) is 0 Å². The molecule has 0 aliphatic carbocycles. The third kappa shape index (κ3) is 11.5. The van der Waals surface area contributed by atoms with Crippen molar-refractivity contribution in [2.24, 2.45) is 0 Å². The van der Waals surface area contributed by atoms with E-state index in [0.717, 1.165) is 23.0 Å². The number of carbonyl (C=O) groups is 3. The number of hydrogen-bond acceptors (Lipinski definition) is 11. The predicted octanol–water partition coefficient (Wildman–Crippen LogP) is 2.35. The summed E-state index contributed by atoms with van der Waals surface area (Å²) in [5, 5.41) is 30.4. The van der Waals surface area contributed by atoms with Crippen molar-refractivity contribution in [1.82, 2.24) is 30.1 Å². The number of rotatable bonds is 7. The average Bonchev–Trinajstić information content (AvgIpc) is 3.87. The number of carboxylic acid groups (broad SMARTS) is 2. The number of aromatic nitrogens is 6. The Morgan fingerprint density at radius 3 is 1.85 bits per heavy atom. The number of hydrogen-bond donors (Lipinski definition) is 2. The molecule has 0 atom stereocenters. The molecule has 3 heterocycles. The van der Waals surface area contributed by atoms with Gasteiger partial charge < -0.3 is 29.4 Å². The molecule has 14 nitrogen and oxygen atoms in total. The third-order valence-electron chi connectivity index (χ3n) is 6.35. The molecule has 0 unspecified atom stereocenters. The van der Waals surface area contributed by atoms with Crippen LogP contribution in [0.5, 0.6) is 0 Å². The molecule has 0 spiro atoms. The topological polar surface area (TPSA) is 202 Å². The van der Waals surface area contributed by atoms with Crippen molar-refractivity contribution >= 4 is 24.0 Å². The Hall–Kier alpha value is -6.00. The number of carboxylic acids is 1. The number of anilines is 1. The second-order valence-corrected chi connectivity index (χ2v) is 10.0. The fourth-order valence-corrected chi connectivity index (χ4v) is 4.14. The van der Waals surface area contributed by atoms with Gasteiger partial charge in [-0.1, -0.05) is 40.6 Å². The van der Waals surface area contributed by atoms with E-state index >= 15 is 0 Å². The first-order chi connectivity index (χ1) is 25.0.